The van der Waals surface area contributed by atoms with Crippen molar-refractivity contribution in [2.75, 3.05) is 5.32 Å². The predicted molar refractivity (Wildman–Crippen MR) is 86.1 cm³/mol. The standard InChI is InChI=1S/C17H15F3N2O5/c1-8(21-16(24)12-4-3-7-26-12)17(25)27-9(2)15(23)22-11-6-5-10(18)13(19)14(11)20/h3-9H,1-2H3,(H,21,24)(H,22,23)/t8-,9+/m0/s1. The van der Waals surface area contributed by atoms with Gasteiger partial charge in [-0.05, 0) is 38.1 Å². The second-order valence-electron chi connectivity index (χ2n) is 5.46. The van der Waals surface area contributed by atoms with Gasteiger partial charge in [0.2, 0.25) is 0 Å². The summed E-state index contributed by atoms with van der Waals surface area (Å²) in [7, 11) is 0. The maximum atomic E-state index is 13.6. The number of hydrogen-bond donors (Lipinski definition) is 2. The molecule has 0 spiro atoms. The molecule has 144 valence electrons. The lowest BCUT2D eigenvalue weighted by Crippen LogP contribution is -2.42. The fraction of sp³-hybridized carbons (Fsp3) is 0.235. The minimum Gasteiger partial charge on any atom is -0.459 e. The second-order valence-corrected chi connectivity index (χ2v) is 5.46. The monoisotopic (exact) mass is 384 g/mol. The van der Waals surface area contributed by atoms with Crippen molar-refractivity contribution in [2.45, 2.75) is 26.0 Å². The van der Waals surface area contributed by atoms with Crippen molar-refractivity contribution in [1.29, 1.82) is 0 Å². The van der Waals surface area contributed by atoms with E-state index in [1.807, 2.05) is 5.32 Å². The zero-order chi connectivity index (χ0) is 20.1. The highest BCUT2D eigenvalue weighted by Gasteiger charge is 2.25. The van der Waals surface area contributed by atoms with Crippen LogP contribution >= 0.6 is 0 Å². The Morgan fingerprint density at radius 1 is 1.07 bits per heavy atom. The van der Waals surface area contributed by atoms with Gasteiger partial charge in [0.05, 0.1) is 12.0 Å². The number of amides is 2. The summed E-state index contributed by atoms with van der Waals surface area (Å²) in [6.45, 7) is 2.51. The molecule has 0 saturated carbocycles. The van der Waals surface area contributed by atoms with Gasteiger partial charge in [-0.25, -0.2) is 18.0 Å². The van der Waals surface area contributed by atoms with Gasteiger partial charge in [0.25, 0.3) is 11.8 Å². The van der Waals surface area contributed by atoms with Crippen molar-refractivity contribution in [2.24, 2.45) is 0 Å². The van der Waals surface area contributed by atoms with Gasteiger partial charge in [-0.2, -0.15) is 0 Å². The SMILES string of the molecule is C[C@H](NC(=O)c1ccco1)C(=O)O[C@H](C)C(=O)Nc1ccc(F)c(F)c1F. The first-order valence-corrected chi connectivity index (χ1v) is 7.70. The lowest BCUT2D eigenvalue weighted by Gasteiger charge is -2.17. The molecule has 1 aromatic heterocycles. The third-order valence-electron chi connectivity index (χ3n) is 3.40. The van der Waals surface area contributed by atoms with E-state index in [9.17, 15) is 27.6 Å². The molecule has 1 aromatic carbocycles. The molecule has 27 heavy (non-hydrogen) atoms. The number of benzene rings is 1. The van der Waals surface area contributed by atoms with Gasteiger partial charge >= 0.3 is 5.97 Å². The minimum absolute atomic E-state index is 0.0192. The van der Waals surface area contributed by atoms with Gasteiger partial charge in [-0.15, -0.1) is 0 Å². The van der Waals surface area contributed by atoms with E-state index in [2.05, 4.69) is 5.32 Å². The van der Waals surface area contributed by atoms with Crippen molar-refractivity contribution in [3.63, 3.8) is 0 Å². The number of esters is 1. The number of carbonyl (C=O) groups excluding carboxylic acids is 3. The van der Waals surface area contributed by atoms with Gasteiger partial charge in [0.1, 0.15) is 6.04 Å². The van der Waals surface area contributed by atoms with E-state index in [4.69, 9.17) is 9.15 Å². The summed E-state index contributed by atoms with van der Waals surface area (Å²) in [5, 5.41) is 4.29. The fourth-order valence-corrected chi connectivity index (χ4v) is 1.92. The Morgan fingerprint density at radius 3 is 2.41 bits per heavy atom. The van der Waals surface area contributed by atoms with E-state index in [-0.39, 0.29) is 5.76 Å². The highest BCUT2D eigenvalue weighted by Crippen LogP contribution is 2.20. The average Bonchev–Trinajstić information content (AvgIpc) is 3.16. The molecule has 0 fully saturated rings. The maximum absolute atomic E-state index is 13.6. The van der Waals surface area contributed by atoms with E-state index in [1.165, 1.54) is 32.2 Å². The van der Waals surface area contributed by atoms with Gasteiger partial charge < -0.3 is 19.8 Å². The number of ether oxygens (including phenoxy) is 1. The molecule has 2 rings (SSSR count). The highest BCUT2D eigenvalue weighted by molar-refractivity contribution is 5.97. The number of hydrogen-bond acceptors (Lipinski definition) is 5. The van der Waals surface area contributed by atoms with Crippen molar-refractivity contribution in [1.82, 2.24) is 5.32 Å². The fourth-order valence-electron chi connectivity index (χ4n) is 1.92. The summed E-state index contributed by atoms with van der Waals surface area (Å²) in [6.07, 6.45) is -0.116. The first-order chi connectivity index (χ1) is 12.7. The number of anilines is 1. The quantitative estimate of drug-likeness (QED) is 0.589. The molecule has 0 aliphatic rings. The Labute approximate surface area is 151 Å². The molecule has 0 unspecified atom stereocenters. The van der Waals surface area contributed by atoms with Crippen LogP contribution in [0.4, 0.5) is 18.9 Å². The molecular weight excluding hydrogens is 369 g/mol. The number of carbonyl (C=O) groups is 3. The summed E-state index contributed by atoms with van der Waals surface area (Å²) in [5.74, 6) is -7.33. The Kier molecular flexibility index (Phi) is 6.22. The summed E-state index contributed by atoms with van der Waals surface area (Å²) in [4.78, 5) is 35.7. The predicted octanol–water partition coefficient (Wildman–Crippen LogP) is 2.39. The van der Waals surface area contributed by atoms with Gasteiger partial charge in [0, 0.05) is 0 Å². The zero-order valence-corrected chi connectivity index (χ0v) is 14.2. The number of nitrogens with one attached hydrogen (secondary N) is 2. The molecule has 2 aromatic rings. The summed E-state index contributed by atoms with van der Waals surface area (Å²) in [5.41, 5.74) is -0.610. The minimum atomic E-state index is -1.74. The van der Waals surface area contributed by atoms with Crippen molar-refractivity contribution >= 4 is 23.5 Å². The number of furan rings is 1. The molecule has 2 N–H and O–H groups in total. The largest absolute Gasteiger partial charge is 0.459 e. The van der Waals surface area contributed by atoms with Crippen LogP contribution in [0.3, 0.4) is 0 Å². The lowest BCUT2D eigenvalue weighted by atomic mass is 10.2. The van der Waals surface area contributed by atoms with Crippen LogP contribution in [0.2, 0.25) is 0 Å². The third-order valence-corrected chi connectivity index (χ3v) is 3.40. The van der Waals surface area contributed by atoms with Gasteiger partial charge in [-0.1, -0.05) is 0 Å². The summed E-state index contributed by atoms with van der Waals surface area (Å²) >= 11 is 0. The molecule has 0 saturated heterocycles. The third kappa shape index (κ3) is 4.87. The van der Waals surface area contributed by atoms with E-state index >= 15 is 0 Å². The topological polar surface area (TPSA) is 97.6 Å². The van der Waals surface area contributed by atoms with Gasteiger partial charge in [-0.3, -0.25) is 9.59 Å². The average molecular weight is 384 g/mol. The Hall–Kier alpha value is -3.30. The van der Waals surface area contributed by atoms with Crippen molar-refractivity contribution in [3.8, 4) is 0 Å². The van der Waals surface area contributed by atoms with Crippen LogP contribution in [-0.2, 0) is 14.3 Å². The van der Waals surface area contributed by atoms with E-state index in [0.29, 0.717) is 6.07 Å². The molecule has 1 heterocycles. The van der Waals surface area contributed by atoms with Crippen LogP contribution in [0.25, 0.3) is 0 Å². The van der Waals surface area contributed by atoms with Crippen LogP contribution in [-0.4, -0.2) is 29.9 Å². The molecule has 7 nitrogen and oxygen atoms in total. The highest BCUT2D eigenvalue weighted by atomic mass is 19.2. The number of halogens is 3. The Bertz CT molecular complexity index is 855. The first kappa shape index (κ1) is 20.0. The molecule has 0 aliphatic heterocycles. The Morgan fingerprint density at radius 2 is 1.78 bits per heavy atom. The molecule has 2 atom stereocenters. The van der Waals surface area contributed by atoms with Crippen LogP contribution < -0.4 is 10.6 Å². The van der Waals surface area contributed by atoms with E-state index < -0.39 is 53.1 Å². The van der Waals surface area contributed by atoms with Gasteiger partial charge in [0.15, 0.2) is 29.3 Å². The lowest BCUT2D eigenvalue weighted by molar-refractivity contribution is -0.154. The first-order valence-electron chi connectivity index (χ1n) is 7.70. The molecule has 10 heteroatoms. The van der Waals surface area contributed by atoms with Crippen molar-refractivity contribution < 1.29 is 36.7 Å². The second kappa shape index (κ2) is 8.39. The van der Waals surface area contributed by atoms with Crippen molar-refractivity contribution in [3.05, 3.63) is 53.7 Å². The van der Waals surface area contributed by atoms with Crippen LogP contribution in [0.5, 0.6) is 0 Å². The smallest absolute Gasteiger partial charge is 0.329 e. The normalized spacial score (nSPS) is 12.8. The Balaban J connectivity index is 1.92. The molecule has 2 amide bonds. The number of rotatable bonds is 6. The van der Waals surface area contributed by atoms with Crippen LogP contribution in [0, 0.1) is 17.5 Å². The maximum Gasteiger partial charge on any atom is 0.329 e. The van der Waals surface area contributed by atoms with Crippen LogP contribution in [0.1, 0.15) is 24.4 Å². The molecular formula is C17H15F3N2O5. The molecule has 0 aliphatic carbocycles. The zero-order valence-electron chi connectivity index (χ0n) is 14.2. The van der Waals surface area contributed by atoms with E-state index in [0.717, 1.165) is 6.07 Å². The summed E-state index contributed by atoms with van der Waals surface area (Å²) in [6, 6.07) is 3.23. The molecule has 0 bridgehead atoms. The van der Waals surface area contributed by atoms with Crippen LogP contribution in [0.15, 0.2) is 34.9 Å². The van der Waals surface area contributed by atoms with E-state index in [1.54, 1.807) is 0 Å². The molecule has 0 radical (unpaired) electrons. The summed E-state index contributed by atoms with van der Waals surface area (Å²) < 4.78 is 49.3.